The monoisotopic (exact) mass is 356 g/mol. The highest BCUT2D eigenvalue weighted by Gasteiger charge is 2.27. The molecular weight excluding hydrogens is 347 g/mol. The Labute approximate surface area is 137 Å². The zero-order valence-electron chi connectivity index (χ0n) is 12.6. The number of benzene rings is 2. The lowest BCUT2D eigenvalue weighted by atomic mass is 10.1. The Morgan fingerprint density at radius 1 is 0.960 bits per heavy atom. The van der Waals surface area contributed by atoms with E-state index in [0.29, 0.717) is 16.5 Å². The fourth-order valence-corrected chi connectivity index (χ4v) is 2.35. The van der Waals surface area contributed by atoms with E-state index < -0.39 is 47.2 Å². The van der Waals surface area contributed by atoms with Crippen LogP contribution in [0.25, 0.3) is 11.0 Å². The Balaban J connectivity index is 1.89. The van der Waals surface area contributed by atoms with E-state index in [4.69, 9.17) is 4.42 Å². The van der Waals surface area contributed by atoms with Gasteiger partial charge in [-0.15, -0.1) is 0 Å². The number of carbonyl (C=O) groups excluding carboxylic acids is 1. The Bertz CT molecular complexity index is 965. The van der Waals surface area contributed by atoms with Crippen molar-refractivity contribution in [2.24, 2.45) is 0 Å². The molecule has 0 saturated carbocycles. The summed E-state index contributed by atoms with van der Waals surface area (Å²) in [6, 6.07) is 6.68. The number of hydrogen-bond donors (Lipinski definition) is 0. The van der Waals surface area contributed by atoms with Crippen LogP contribution < -0.4 is 0 Å². The second kappa shape index (κ2) is 6.19. The topological polar surface area (TPSA) is 39.4 Å². The average Bonchev–Trinajstić information content (AvgIpc) is 2.95. The van der Waals surface area contributed by atoms with Gasteiger partial charge in [-0.1, -0.05) is 18.2 Å². The third-order valence-corrected chi connectivity index (χ3v) is 3.68. The number of carbonyl (C=O) groups is 1. The molecule has 0 aliphatic heterocycles. The molecule has 0 aliphatic rings. The summed E-state index contributed by atoms with van der Waals surface area (Å²) in [5.41, 5.74) is -0.417. The number of hydrogen-bond acceptors (Lipinski definition) is 3. The molecule has 0 N–H and O–H groups in total. The Hall–Kier alpha value is -2.90. The molecule has 3 rings (SSSR count). The van der Waals surface area contributed by atoms with Crippen molar-refractivity contribution in [3.05, 3.63) is 70.2 Å². The minimum absolute atomic E-state index is 0.218. The SMILES string of the molecule is Cc1c(C(=O)OCc2c(F)c(F)c(F)c(F)c2F)oc2ccccc12. The van der Waals surface area contributed by atoms with E-state index >= 15 is 0 Å². The summed E-state index contributed by atoms with van der Waals surface area (Å²) in [4.78, 5) is 12.0. The van der Waals surface area contributed by atoms with Gasteiger partial charge in [0.2, 0.25) is 11.6 Å². The standard InChI is InChI=1S/C17H9F5O3/c1-7-8-4-2-3-5-10(8)25-16(7)17(23)24-6-9-11(18)13(20)15(22)14(21)12(9)19/h2-5H,6H2,1H3. The van der Waals surface area contributed by atoms with Gasteiger partial charge in [0.1, 0.15) is 12.2 Å². The number of ether oxygens (including phenoxy) is 1. The first-order valence-electron chi connectivity index (χ1n) is 6.98. The predicted molar refractivity (Wildman–Crippen MR) is 76.3 cm³/mol. The fourth-order valence-electron chi connectivity index (χ4n) is 2.35. The van der Waals surface area contributed by atoms with Gasteiger partial charge in [0.15, 0.2) is 23.3 Å². The molecule has 0 aliphatic carbocycles. The molecule has 0 amide bonds. The molecule has 1 aromatic heterocycles. The van der Waals surface area contributed by atoms with Crippen LogP contribution in [-0.4, -0.2) is 5.97 Å². The lowest BCUT2D eigenvalue weighted by Gasteiger charge is -2.08. The molecule has 1 heterocycles. The van der Waals surface area contributed by atoms with E-state index in [1.807, 2.05) is 0 Å². The normalized spacial score (nSPS) is 11.1. The number of furan rings is 1. The quantitative estimate of drug-likeness (QED) is 0.293. The van der Waals surface area contributed by atoms with Gasteiger partial charge in [-0.25, -0.2) is 26.7 Å². The number of para-hydroxylation sites is 1. The number of esters is 1. The van der Waals surface area contributed by atoms with E-state index in [0.717, 1.165) is 0 Å². The molecule has 0 saturated heterocycles. The average molecular weight is 356 g/mol. The van der Waals surface area contributed by atoms with E-state index in [1.165, 1.54) is 0 Å². The van der Waals surface area contributed by atoms with Crippen LogP contribution >= 0.6 is 0 Å². The third-order valence-electron chi connectivity index (χ3n) is 3.68. The Morgan fingerprint density at radius 3 is 2.12 bits per heavy atom. The number of aryl methyl sites for hydroxylation is 1. The maximum absolute atomic E-state index is 13.6. The third kappa shape index (κ3) is 2.73. The molecule has 0 spiro atoms. The molecular formula is C17H9F5O3. The maximum atomic E-state index is 13.6. The lowest BCUT2D eigenvalue weighted by molar-refractivity contribution is 0.0427. The highest BCUT2D eigenvalue weighted by atomic mass is 19.2. The molecule has 0 bridgehead atoms. The van der Waals surface area contributed by atoms with Crippen molar-refractivity contribution in [1.82, 2.24) is 0 Å². The number of rotatable bonds is 3. The van der Waals surface area contributed by atoms with E-state index in [9.17, 15) is 26.7 Å². The summed E-state index contributed by atoms with van der Waals surface area (Å²) < 4.78 is 76.4. The van der Waals surface area contributed by atoms with Gasteiger partial charge < -0.3 is 9.15 Å². The van der Waals surface area contributed by atoms with Crippen molar-refractivity contribution in [2.45, 2.75) is 13.5 Å². The number of halogens is 5. The second-order valence-electron chi connectivity index (χ2n) is 5.18. The summed E-state index contributed by atoms with van der Waals surface area (Å²) >= 11 is 0. The summed E-state index contributed by atoms with van der Waals surface area (Å²) in [5.74, 6) is -11.9. The van der Waals surface area contributed by atoms with Crippen molar-refractivity contribution in [3.63, 3.8) is 0 Å². The van der Waals surface area contributed by atoms with Gasteiger partial charge in [-0.2, -0.15) is 0 Å². The van der Waals surface area contributed by atoms with Crippen LogP contribution in [0, 0.1) is 36.0 Å². The zero-order chi connectivity index (χ0) is 18.3. The van der Waals surface area contributed by atoms with Gasteiger partial charge in [0, 0.05) is 10.9 Å². The number of fused-ring (bicyclic) bond motifs is 1. The van der Waals surface area contributed by atoms with Crippen molar-refractivity contribution in [1.29, 1.82) is 0 Å². The zero-order valence-corrected chi connectivity index (χ0v) is 12.6. The van der Waals surface area contributed by atoms with Crippen LogP contribution in [0.3, 0.4) is 0 Å². The second-order valence-corrected chi connectivity index (χ2v) is 5.18. The molecule has 0 atom stereocenters. The van der Waals surface area contributed by atoms with E-state index in [1.54, 1.807) is 31.2 Å². The van der Waals surface area contributed by atoms with E-state index in [-0.39, 0.29) is 5.76 Å². The van der Waals surface area contributed by atoms with Crippen LogP contribution in [0.1, 0.15) is 21.7 Å². The molecule has 130 valence electrons. The largest absolute Gasteiger partial charge is 0.455 e. The first-order valence-corrected chi connectivity index (χ1v) is 6.98. The predicted octanol–water partition coefficient (Wildman–Crippen LogP) is 4.79. The van der Waals surface area contributed by atoms with Crippen molar-refractivity contribution in [3.8, 4) is 0 Å². The minimum atomic E-state index is -2.28. The first kappa shape index (κ1) is 16.9. The molecule has 2 aromatic carbocycles. The summed E-state index contributed by atoms with van der Waals surface area (Å²) in [6.07, 6.45) is 0. The van der Waals surface area contributed by atoms with Crippen LogP contribution in [0.5, 0.6) is 0 Å². The van der Waals surface area contributed by atoms with Gasteiger partial charge in [0.25, 0.3) is 0 Å². The molecule has 0 fully saturated rings. The van der Waals surface area contributed by atoms with Gasteiger partial charge in [-0.3, -0.25) is 0 Å². The molecule has 3 nitrogen and oxygen atoms in total. The van der Waals surface area contributed by atoms with Crippen LogP contribution in [0.15, 0.2) is 28.7 Å². The summed E-state index contributed by atoms with van der Waals surface area (Å²) in [6.45, 7) is 0.432. The van der Waals surface area contributed by atoms with Crippen LogP contribution in [0.2, 0.25) is 0 Å². The van der Waals surface area contributed by atoms with Crippen LogP contribution in [-0.2, 0) is 11.3 Å². The fraction of sp³-hybridized carbons (Fsp3) is 0.118. The van der Waals surface area contributed by atoms with Crippen molar-refractivity contribution >= 4 is 16.9 Å². The van der Waals surface area contributed by atoms with Crippen molar-refractivity contribution < 1.29 is 35.9 Å². The lowest BCUT2D eigenvalue weighted by Crippen LogP contribution is -2.12. The molecule has 8 heteroatoms. The van der Waals surface area contributed by atoms with Crippen molar-refractivity contribution in [2.75, 3.05) is 0 Å². The molecule has 25 heavy (non-hydrogen) atoms. The Kier molecular flexibility index (Phi) is 4.20. The molecule has 0 unspecified atom stereocenters. The van der Waals surface area contributed by atoms with E-state index in [2.05, 4.69) is 4.74 Å². The molecule has 3 aromatic rings. The van der Waals surface area contributed by atoms with Gasteiger partial charge >= 0.3 is 5.97 Å². The maximum Gasteiger partial charge on any atom is 0.374 e. The summed E-state index contributed by atoms with van der Waals surface area (Å²) in [7, 11) is 0. The summed E-state index contributed by atoms with van der Waals surface area (Å²) in [5, 5.41) is 0.630. The minimum Gasteiger partial charge on any atom is -0.455 e. The highest BCUT2D eigenvalue weighted by Crippen LogP contribution is 2.27. The highest BCUT2D eigenvalue weighted by molar-refractivity contribution is 5.95. The van der Waals surface area contributed by atoms with Gasteiger partial charge in [-0.05, 0) is 13.0 Å². The van der Waals surface area contributed by atoms with Crippen LogP contribution in [0.4, 0.5) is 22.0 Å². The first-order chi connectivity index (χ1) is 11.8. The molecule has 0 radical (unpaired) electrons. The van der Waals surface area contributed by atoms with Gasteiger partial charge in [0.05, 0.1) is 5.56 Å². The smallest absolute Gasteiger partial charge is 0.374 e. The Morgan fingerprint density at radius 2 is 1.52 bits per heavy atom.